The van der Waals surface area contributed by atoms with Crippen molar-refractivity contribution in [1.29, 1.82) is 0 Å². The van der Waals surface area contributed by atoms with Crippen LogP contribution in [0.3, 0.4) is 0 Å². The summed E-state index contributed by atoms with van der Waals surface area (Å²) < 4.78 is 5.82. The third-order valence-electron chi connectivity index (χ3n) is 3.73. The van der Waals surface area contributed by atoms with Crippen LogP contribution in [-0.2, 0) is 6.42 Å². The van der Waals surface area contributed by atoms with Crippen molar-refractivity contribution in [2.45, 2.75) is 25.7 Å². The van der Waals surface area contributed by atoms with Crippen molar-refractivity contribution < 1.29 is 4.74 Å². The first-order valence-corrected chi connectivity index (χ1v) is 7.75. The molecule has 1 atom stereocenters. The van der Waals surface area contributed by atoms with Gasteiger partial charge in [-0.1, -0.05) is 48.5 Å². The van der Waals surface area contributed by atoms with Crippen LogP contribution in [0.5, 0.6) is 5.75 Å². The minimum Gasteiger partial charge on any atom is -0.494 e. The Morgan fingerprint density at radius 2 is 1.71 bits per heavy atom. The van der Waals surface area contributed by atoms with E-state index < -0.39 is 0 Å². The second-order valence-electron chi connectivity index (χ2n) is 5.25. The first-order chi connectivity index (χ1) is 10.3. The molecule has 0 bridgehead atoms. The minimum atomic E-state index is 0.475. The molecule has 112 valence electrons. The van der Waals surface area contributed by atoms with Crippen LogP contribution in [0.15, 0.2) is 54.6 Å². The number of rotatable bonds is 8. The van der Waals surface area contributed by atoms with Crippen molar-refractivity contribution in [3.63, 3.8) is 0 Å². The summed E-state index contributed by atoms with van der Waals surface area (Å²) in [7, 11) is 2.01. The average Bonchev–Trinajstić information content (AvgIpc) is 2.53. The highest BCUT2D eigenvalue weighted by Gasteiger charge is 2.16. The Bertz CT molecular complexity index is 524. The summed E-state index contributed by atoms with van der Waals surface area (Å²) in [6, 6.07) is 19.1. The topological polar surface area (TPSA) is 21.3 Å². The van der Waals surface area contributed by atoms with Crippen molar-refractivity contribution in [3.05, 3.63) is 65.7 Å². The molecule has 0 amide bonds. The third-order valence-corrected chi connectivity index (χ3v) is 3.73. The van der Waals surface area contributed by atoms with Gasteiger partial charge in [-0.3, -0.25) is 0 Å². The monoisotopic (exact) mass is 283 g/mol. The third kappa shape index (κ3) is 4.61. The maximum atomic E-state index is 5.82. The molecule has 2 aromatic carbocycles. The summed E-state index contributed by atoms with van der Waals surface area (Å²) in [6.07, 6.45) is 2.15. The van der Waals surface area contributed by atoms with Crippen molar-refractivity contribution in [3.8, 4) is 5.75 Å². The zero-order valence-electron chi connectivity index (χ0n) is 13.0. The Balaban J connectivity index is 2.23. The number of ether oxygens (including phenoxy) is 1. The lowest BCUT2D eigenvalue weighted by Crippen LogP contribution is -2.14. The fourth-order valence-corrected chi connectivity index (χ4v) is 2.69. The number of hydrogen-bond donors (Lipinski definition) is 1. The predicted octanol–water partition coefficient (Wildman–Crippen LogP) is 4.02. The summed E-state index contributed by atoms with van der Waals surface area (Å²) in [5, 5.41) is 3.26. The lowest BCUT2D eigenvalue weighted by atomic mass is 9.88. The van der Waals surface area contributed by atoms with Gasteiger partial charge in [0.05, 0.1) is 6.61 Å². The maximum Gasteiger partial charge on any atom is 0.122 e. The van der Waals surface area contributed by atoms with Gasteiger partial charge in [0.2, 0.25) is 0 Å². The molecule has 0 aromatic heterocycles. The van der Waals surface area contributed by atoms with Gasteiger partial charge in [-0.2, -0.15) is 0 Å². The van der Waals surface area contributed by atoms with Gasteiger partial charge in [0.15, 0.2) is 0 Å². The Kier molecular flexibility index (Phi) is 6.29. The molecule has 2 rings (SSSR count). The number of hydrogen-bond acceptors (Lipinski definition) is 2. The summed E-state index contributed by atoms with van der Waals surface area (Å²) in [5.74, 6) is 1.50. The lowest BCUT2D eigenvalue weighted by molar-refractivity contribution is 0.333. The molecule has 0 aliphatic heterocycles. The van der Waals surface area contributed by atoms with E-state index in [0.29, 0.717) is 12.5 Å². The van der Waals surface area contributed by atoms with E-state index in [2.05, 4.69) is 53.8 Å². The van der Waals surface area contributed by atoms with Gasteiger partial charge in [-0.15, -0.1) is 0 Å². The highest BCUT2D eigenvalue weighted by atomic mass is 16.5. The van der Waals surface area contributed by atoms with Gasteiger partial charge in [-0.05, 0) is 56.5 Å². The molecule has 1 N–H and O–H groups in total. The molecule has 0 spiro atoms. The maximum absolute atomic E-state index is 5.82. The minimum absolute atomic E-state index is 0.475. The van der Waals surface area contributed by atoms with Gasteiger partial charge >= 0.3 is 0 Å². The van der Waals surface area contributed by atoms with E-state index in [1.807, 2.05) is 20.0 Å². The van der Waals surface area contributed by atoms with Crippen LogP contribution < -0.4 is 10.1 Å². The fourth-order valence-electron chi connectivity index (χ4n) is 2.69. The van der Waals surface area contributed by atoms with E-state index in [1.54, 1.807) is 0 Å². The summed E-state index contributed by atoms with van der Waals surface area (Å²) >= 11 is 0. The molecule has 0 aliphatic carbocycles. The summed E-state index contributed by atoms with van der Waals surface area (Å²) in [4.78, 5) is 0. The molecule has 0 saturated heterocycles. The van der Waals surface area contributed by atoms with Crippen LogP contribution in [0.2, 0.25) is 0 Å². The Hall–Kier alpha value is -1.80. The van der Waals surface area contributed by atoms with Crippen LogP contribution >= 0.6 is 0 Å². The van der Waals surface area contributed by atoms with E-state index >= 15 is 0 Å². The number of para-hydroxylation sites is 1. The summed E-state index contributed by atoms with van der Waals surface area (Å²) in [6.45, 7) is 3.76. The smallest absolute Gasteiger partial charge is 0.122 e. The number of nitrogens with one attached hydrogen (secondary N) is 1. The van der Waals surface area contributed by atoms with E-state index in [0.717, 1.165) is 25.1 Å². The number of benzene rings is 2. The molecule has 21 heavy (non-hydrogen) atoms. The Morgan fingerprint density at radius 3 is 2.43 bits per heavy atom. The van der Waals surface area contributed by atoms with E-state index in [1.165, 1.54) is 11.1 Å². The molecule has 2 aromatic rings. The van der Waals surface area contributed by atoms with Crippen LogP contribution in [0.4, 0.5) is 0 Å². The molecule has 0 fully saturated rings. The second-order valence-corrected chi connectivity index (χ2v) is 5.25. The van der Waals surface area contributed by atoms with Crippen molar-refractivity contribution in [2.24, 2.45) is 0 Å². The van der Waals surface area contributed by atoms with Gasteiger partial charge in [0, 0.05) is 0 Å². The van der Waals surface area contributed by atoms with E-state index in [4.69, 9.17) is 4.74 Å². The molecule has 0 aliphatic rings. The highest BCUT2D eigenvalue weighted by Crippen LogP contribution is 2.31. The Morgan fingerprint density at radius 1 is 1.00 bits per heavy atom. The van der Waals surface area contributed by atoms with Gasteiger partial charge in [0.25, 0.3) is 0 Å². The van der Waals surface area contributed by atoms with Crippen LogP contribution in [0, 0.1) is 0 Å². The zero-order chi connectivity index (χ0) is 14.9. The van der Waals surface area contributed by atoms with Crippen LogP contribution in [0.25, 0.3) is 0 Å². The standard InChI is InChI=1S/C19H25NO/c1-3-21-19-12-8-7-11-18(19)17(13-14-20-2)15-16-9-5-4-6-10-16/h4-12,17,20H,3,13-15H2,1-2H3. The normalized spacial score (nSPS) is 12.1. The second kappa shape index (κ2) is 8.48. The molecule has 0 radical (unpaired) electrons. The van der Waals surface area contributed by atoms with Crippen molar-refractivity contribution in [1.82, 2.24) is 5.32 Å². The zero-order valence-corrected chi connectivity index (χ0v) is 13.0. The summed E-state index contributed by atoms with van der Waals surface area (Å²) in [5.41, 5.74) is 2.70. The van der Waals surface area contributed by atoms with Gasteiger partial charge < -0.3 is 10.1 Å². The molecular formula is C19H25NO. The van der Waals surface area contributed by atoms with Gasteiger partial charge in [-0.25, -0.2) is 0 Å². The van der Waals surface area contributed by atoms with Gasteiger partial charge in [0.1, 0.15) is 5.75 Å². The first-order valence-electron chi connectivity index (χ1n) is 7.75. The SMILES string of the molecule is CCOc1ccccc1C(CCNC)Cc1ccccc1. The molecule has 1 unspecified atom stereocenters. The lowest BCUT2D eigenvalue weighted by Gasteiger charge is -2.20. The largest absolute Gasteiger partial charge is 0.494 e. The molecule has 2 nitrogen and oxygen atoms in total. The predicted molar refractivity (Wildman–Crippen MR) is 89.0 cm³/mol. The van der Waals surface area contributed by atoms with Crippen molar-refractivity contribution >= 4 is 0 Å². The van der Waals surface area contributed by atoms with Crippen LogP contribution in [-0.4, -0.2) is 20.2 Å². The highest BCUT2D eigenvalue weighted by molar-refractivity contribution is 5.37. The molecule has 0 heterocycles. The van der Waals surface area contributed by atoms with E-state index in [-0.39, 0.29) is 0 Å². The first kappa shape index (κ1) is 15.6. The van der Waals surface area contributed by atoms with Crippen molar-refractivity contribution in [2.75, 3.05) is 20.2 Å². The quantitative estimate of drug-likeness (QED) is 0.790. The molecule has 2 heteroatoms. The molecule has 0 saturated carbocycles. The molecular weight excluding hydrogens is 258 g/mol. The van der Waals surface area contributed by atoms with E-state index in [9.17, 15) is 0 Å². The average molecular weight is 283 g/mol. The Labute approximate surface area is 128 Å². The van der Waals surface area contributed by atoms with Crippen LogP contribution in [0.1, 0.15) is 30.4 Å². The fraction of sp³-hybridized carbons (Fsp3) is 0.368.